The normalized spacial score (nSPS) is 12.9. The summed E-state index contributed by atoms with van der Waals surface area (Å²) >= 11 is 0. The molecule has 0 bridgehead atoms. The van der Waals surface area contributed by atoms with Gasteiger partial charge in [0.1, 0.15) is 0 Å². The summed E-state index contributed by atoms with van der Waals surface area (Å²) in [7, 11) is 0. The highest BCUT2D eigenvalue weighted by Gasteiger charge is 2.45. The SMILES string of the molecule is CCCCCCC1(CCCCCC)c2cc(-c3ccc4ccccc4c3)cc(-c3ccccc3)c2-c2c(-c3ccccc3)cc(-c3ccc4ccccc4c3)cc21. The van der Waals surface area contributed by atoms with E-state index >= 15 is 0 Å². The third-order valence-electron chi connectivity index (χ3n) is 12.8. The Balaban J connectivity index is 1.37. The molecule has 1 aliphatic rings. The van der Waals surface area contributed by atoms with Crippen LogP contribution in [0.25, 0.3) is 77.2 Å². The molecule has 0 aliphatic heterocycles. The van der Waals surface area contributed by atoms with E-state index in [9.17, 15) is 0 Å². The van der Waals surface area contributed by atoms with E-state index in [2.05, 4.69) is 184 Å². The van der Waals surface area contributed by atoms with Crippen LogP contribution in [0.5, 0.6) is 0 Å². The minimum atomic E-state index is -0.112. The van der Waals surface area contributed by atoms with Crippen LogP contribution in [0.3, 0.4) is 0 Å². The Hall–Kier alpha value is -5.72. The number of benzene rings is 8. The summed E-state index contributed by atoms with van der Waals surface area (Å²) in [5.41, 5.74) is 16.3. The minimum Gasteiger partial charge on any atom is -0.0654 e. The van der Waals surface area contributed by atoms with E-state index in [-0.39, 0.29) is 5.41 Å². The van der Waals surface area contributed by atoms with Crippen LogP contribution in [0, 0.1) is 0 Å². The van der Waals surface area contributed by atoms with Crippen molar-refractivity contribution in [2.75, 3.05) is 0 Å². The molecule has 0 atom stereocenters. The van der Waals surface area contributed by atoms with Gasteiger partial charge in [0, 0.05) is 5.41 Å². The molecule has 8 aromatic carbocycles. The van der Waals surface area contributed by atoms with Crippen LogP contribution in [0.4, 0.5) is 0 Å². The molecule has 0 fully saturated rings. The van der Waals surface area contributed by atoms with Gasteiger partial charge in [0.2, 0.25) is 0 Å². The Bertz CT molecular complexity index is 2460. The van der Waals surface area contributed by atoms with Crippen molar-refractivity contribution in [1.29, 1.82) is 0 Å². The second-order valence-corrected chi connectivity index (χ2v) is 16.5. The van der Waals surface area contributed by atoms with Crippen molar-refractivity contribution in [3.05, 3.63) is 181 Å². The van der Waals surface area contributed by atoms with Gasteiger partial charge in [-0.05, 0) is 138 Å². The topological polar surface area (TPSA) is 0 Å². The van der Waals surface area contributed by atoms with E-state index in [1.54, 1.807) is 0 Å². The van der Waals surface area contributed by atoms with Gasteiger partial charge in [-0.25, -0.2) is 0 Å². The van der Waals surface area contributed by atoms with Gasteiger partial charge >= 0.3 is 0 Å². The van der Waals surface area contributed by atoms with Gasteiger partial charge in [0.05, 0.1) is 0 Å². The lowest BCUT2D eigenvalue weighted by Gasteiger charge is -2.34. The predicted octanol–water partition coefficient (Wildman–Crippen LogP) is 16.9. The molecule has 0 nitrogen and oxygen atoms in total. The molecule has 0 amide bonds. The first-order valence-electron chi connectivity index (χ1n) is 21.6. The zero-order valence-electron chi connectivity index (χ0n) is 33.7. The molecule has 0 spiro atoms. The zero-order chi connectivity index (χ0) is 38.6. The standard InChI is InChI=1S/C57H54/c1-3-5-7-19-33-57(34-20-8-6-4-2)53-39-49(47-31-29-41-21-15-17-27-45(41)35-47)37-51(43-23-11-9-12-24-43)55(53)56-52(44-25-13-10-14-26-44)38-50(40-54(56)57)48-32-30-42-22-16-18-28-46(42)36-48/h9-18,21-32,35-40H,3-8,19-20,33-34H2,1-2H3. The molecule has 0 heteroatoms. The van der Waals surface area contributed by atoms with Gasteiger partial charge in [-0.2, -0.15) is 0 Å². The Morgan fingerprint density at radius 2 is 0.719 bits per heavy atom. The van der Waals surface area contributed by atoms with Crippen LogP contribution in [-0.4, -0.2) is 0 Å². The zero-order valence-corrected chi connectivity index (χ0v) is 33.7. The Labute approximate surface area is 340 Å². The number of hydrogen-bond acceptors (Lipinski definition) is 0. The number of unbranched alkanes of at least 4 members (excludes halogenated alkanes) is 6. The summed E-state index contributed by atoms with van der Waals surface area (Å²) in [4.78, 5) is 0. The predicted molar refractivity (Wildman–Crippen MR) is 247 cm³/mol. The number of hydrogen-bond donors (Lipinski definition) is 0. The van der Waals surface area contributed by atoms with E-state index in [1.807, 2.05) is 0 Å². The lowest BCUT2D eigenvalue weighted by molar-refractivity contribution is 0.401. The van der Waals surface area contributed by atoms with Crippen molar-refractivity contribution >= 4 is 21.5 Å². The summed E-state index contributed by atoms with van der Waals surface area (Å²) in [5, 5.41) is 5.15. The molecule has 0 saturated heterocycles. The van der Waals surface area contributed by atoms with Crippen LogP contribution >= 0.6 is 0 Å². The summed E-state index contributed by atoms with van der Waals surface area (Å²) in [6.07, 6.45) is 12.3. The molecule has 0 unspecified atom stereocenters. The fourth-order valence-electron chi connectivity index (χ4n) is 9.86. The monoisotopic (exact) mass is 738 g/mol. The molecule has 0 N–H and O–H groups in total. The highest BCUT2D eigenvalue weighted by atomic mass is 14.5. The summed E-state index contributed by atoms with van der Waals surface area (Å²) in [6, 6.07) is 64.5. The maximum atomic E-state index is 2.63. The average Bonchev–Trinajstić information content (AvgIpc) is 3.55. The number of fused-ring (bicyclic) bond motifs is 5. The van der Waals surface area contributed by atoms with Crippen molar-refractivity contribution in [3.63, 3.8) is 0 Å². The molecule has 0 aromatic heterocycles. The second-order valence-electron chi connectivity index (χ2n) is 16.5. The summed E-state index contributed by atoms with van der Waals surface area (Å²) in [5.74, 6) is 0. The highest BCUT2D eigenvalue weighted by molar-refractivity contribution is 6.03. The van der Waals surface area contributed by atoms with Crippen LogP contribution in [-0.2, 0) is 5.41 Å². The number of rotatable bonds is 14. The quantitative estimate of drug-likeness (QED) is 0.0975. The second kappa shape index (κ2) is 16.4. The molecular formula is C57H54. The van der Waals surface area contributed by atoms with Crippen molar-refractivity contribution in [2.45, 2.75) is 83.5 Å². The van der Waals surface area contributed by atoms with Gasteiger partial charge in [0.15, 0.2) is 0 Å². The van der Waals surface area contributed by atoms with E-state index in [0.29, 0.717) is 0 Å². The maximum absolute atomic E-state index is 2.63. The maximum Gasteiger partial charge on any atom is 0.0216 e. The summed E-state index contributed by atoms with van der Waals surface area (Å²) < 4.78 is 0. The van der Waals surface area contributed by atoms with Gasteiger partial charge in [0.25, 0.3) is 0 Å². The van der Waals surface area contributed by atoms with E-state index < -0.39 is 0 Å². The fourth-order valence-corrected chi connectivity index (χ4v) is 9.86. The van der Waals surface area contributed by atoms with Gasteiger partial charge < -0.3 is 0 Å². The van der Waals surface area contributed by atoms with Gasteiger partial charge in [-0.1, -0.05) is 199 Å². The van der Waals surface area contributed by atoms with Crippen LogP contribution in [0.2, 0.25) is 0 Å². The van der Waals surface area contributed by atoms with Crippen molar-refractivity contribution in [2.24, 2.45) is 0 Å². The summed E-state index contributed by atoms with van der Waals surface area (Å²) in [6.45, 7) is 4.68. The van der Waals surface area contributed by atoms with E-state index in [1.165, 1.54) is 140 Å². The average molecular weight is 739 g/mol. The molecule has 0 heterocycles. The molecule has 57 heavy (non-hydrogen) atoms. The fraction of sp³-hybridized carbons (Fsp3) is 0.228. The highest BCUT2D eigenvalue weighted by Crippen LogP contribution is 2.61. The van der Waals surface area contributed by atoms with Crippen molar-refractivity contribution in [3.8, 4) is 55.6 Å². The third kappa shape index (κ3) is 7.12. The molecule has 1 aliphatic carbocycles. The van der Waals surface area contributed by atoms with Crippen molar-refractivity contribution < 1.29 is 0 Å². The molecule has 0 saturated carbocycles. The molecule has 8 aromatic rings. The first kappa shape index (κ1) is 36.9. The van der Waals surface area contributed by atoms with Gasteiger partial charge in [-0.15, -0.1) is 0 Å². The Morgan fingerprint density at radius 3 is 1.14 bits per heavy atom. The van der Waals surface area contributed by atoms with E-state index in [4.69, 9.17) is 0 Å². The molecule has 0 radical (unpaired) electrons. The first-order chi connectivity index (χ1) is 28.2. The van der Waals surface area contributed by atoms with Crippen molar-refractivity contribution in [1.82, 2.24) is 0 Å². The van der Waals surface area contributed by atoms with E-state index in [0.717, 1.165) is 12.8 Å². The van der Waals surface area contributed by atoms with Gasteiger partial charge in [-0.3, -0.25) is 0 Å². The lowest BCUT2D eigenvalue weighted by Crippen LogP contribution is -2.26. The van der Waals surface area contributed by atoms with Crippen LogP contribution < -0.4 is 0 Å². The lowest BCUT2D eigenvalue weighted by atomic mass is 9.69. The smallest absolute Gasteiger partial charge is 0.0216 e. The molecular weight excluding hydrogens is 685 g/mol. The largest absolute Gasteiger partial charge is 0.0654 e. The first-order valence-corrected chi connectivity index (χ1v) is 21.6. The molecule has 9 rings (SSSR count). The van der Waals surface area contributed by atoms with Crippen LogP contribution in [0.1, 0.15) is 89.2 Å². The minimum absolute atomic E-state index is 0.112. The Kier molecular flexibility index (Phi) is 10.6. The molecule has 282 valence electrons. The third-order valence-corrected chi connectivity index (χ3v) is 12.8. The Morgan fingerprint density at radius 1 is 0.316 bits per heavy atom. The van der Waals surface area contributed by atoms with Crippen LogP contribution in [0.15, 0.2) is 170 Å².